The second-order valence-corrected chi connectivity index (χ2v) is 6.85. The summed E-state index contributed by atoms with van der Waals surface area (Å²) < 4.78 is 0. The number of ketones is 1. The fraction of sp³-hybridized carbons (Fsp3) is 0.474. The summed E-state index contributed by atoms with van der Waals surface area (Å²) in [7, 11) is 0. The molecule has 3 nitrogen and oxygen atoms in total. The van der Waals surface area contributed by atoms with Crippen molar-refractivity contribution in [2.75, 3.05) is 19.6 Å². The smallest absolute Gasteiger partial charge is 0.137 e. The van der Waals surface area contributed by atoms with Crippen LogP contribution in [0.5, 0.6) is 0 Å². The van der Waals surface area contributed by atoms with Gasteiger partial charge in [0, 0.05) is 31.0 Å². The van der Waals surface area contributed by atoms with Crippen molar-refractivity contribution in [2.45, 2.75) is 25.7 Å². The first-order valence-electron chi connectivity index (χ1n) is 8.35. The number of pyridine rings is 1. The average molecular weight is 294 g/mol. The van der Waals surface area contributed by atoms with Crippen LogP contribution >= 0.6 is 0 Å². The van der Waals surface area contributed by atoms with Crippen LogP contribution in [0.15, 0.2) is 36.5 Å². The molecule has 3 aliphatic heterocycles. The number of carbonyl (C=O) groups is 1. The maximum absolute atomic E-state index is 12.5. The molecule has 0 saturated carbocycles. The van der Waals surface area contributed by atoms with Crippen LogP contribution in [0, 0.1) is 11.8 Å². The van der Waals surface area contributed by atoms with Crippen molar-refractivity contribution in [2.24, 2.45) is 11.8 Å². The summed E-state index contributed by atoms with van der Waals surface area (Å²) in [5.41, 5.74) is 2.08. The molecule has 22 heavy (non-hydrogen) atoms. The third-order valence-corrected chi connectivity index (χ3v) is 5.35. The molecule has 0 amide bonds. The first kappa shape index (κ1) is 13.9. The standard InChI is InChI=1S/C19H22N2O/c22-18(12-17-13-21-8-5-15(17)6-9-21)10-14-3-4-16-2-1-7-20-19(16)11-14/h1-4,7,11,15,17H,5-6,8-10,12-13H2. The third-order valence-electron chi connectivity index (χ3n) is 5.35. The van der Waals surface area contributed by atoms with Crippen LogP contribution in [-0.4, -0.2) is 35.3 Å². The van der Waals surface area contributed by atoms with Crippen molar-refractivity contribution in [3.05, 3.63) is 42.1 Å². The van der Waals surface area contributed by atoms with Gasteiger partial charge >= 0.3 is 0 Å². The molecule has 3 aliphatic rings. The number of piperidine rings is 3. The lowest BCUT2D eigenvalue weighted by Gasteiger charge is -2.44. The van der Waals surface area contributed by atoms with Gasteiger partial charge in [0.15, 0.2) is 0 Å². The first-order chi connectivity index (χ1) is 10.8. The predicted molar refractivity (Wildman–Crippen MR) is 87.7 cm³/mol. The number of fused-ring (bicyclic) bond motifs is 4. The molecule has 1 aromatic heterocycles. The SMILES string of the molecule is O=C(Cc1ccc2cccnc2c1)CC1CN2CCC1CC2. The minimum atomic E-state index is 0.383. The van der Waals surface area contributed by atoms with E-state index in [1.165, 1.54) is 25.9 Å². The topological polar surface area (TPSA) is 33.2 Å². The van der Waals surface area contributed by atoms with E-state index in [1.54, 1.807) is 6.20 Å². The number of hydrogen-bond donors (Lipinski definition) is 0. The summed E-state index contributed by atoms with van der Waals surface area (Å²) in [6.45, 7) is 3.62. The Morgan fingerprint density at radius 1 is 1.23 bits per heavy atom. The lowest BCUT2D eigenvalue weighted by atomic mass is 9.76. The molecule has 114 valence electrons. The molecule has 2 aromatic rings. The Labute approximate surface area is 131 Å². The number of carbonyl (C=O) groups excluding carboxylic acids is 1. The van der Waals surface area contributed by atoms with Gasteiger partial charge in [-0.2, -0.15) is 0 Å². The molecule has 1 aromatic carbocycles. The van der Waals surface area contributed by atoms with Crippen LogP contribution in [-0.2, 0) is 11.2 Å². The highest BCUT2D eigenvalue weighted by Gasteiger charge is 2.34. The lowest BCUT2D eigenvalue weighted by molar-refractivity contribution is -0.120. The molecule has 3 heteroatoms. The van der Waals surface area contributed by atoms with Gasteiger partial charge in [-0.25, -0.2) is 0 Å². The molecule has 0 radical (unpaired) electrons. The van der Waals surface area contributed by atoms with E-state index in [-0.39, 0.29) is 0 Å². The third kappa shape index (κ3) is 2.78. The van der Waals surface area contributed by atoms with Gasteiger partial charge in [-0.15, -0.1) is 0 Å². The Kier molecular flexibility index (Phi) is 3.67. The highest BCUT2D eigenvalue weighted by molar-refractivity contribution is 5.84. The zero-order valence-electron chi connectivity index (χ0n) is 12.9. The van der Waals surface area contributed by atoms with Crippen LogP contribution in [0.1, 0.15) is 24.8 Å². The van der Waals surface area contributed by atoms with E-state index < -0.39 is 0 Å². The van der Waals surface area contributed by atoms with Crippen molar-refractivity contribution in [3.63, 3.8) is 0 Å². The molecule has 3 fully saturated rings. The summed E-state index contributed by atoms with van der Waals surface area (Å²) in [5, 5.41) is 1.14. The molecule has 0 N–H and O–H groups in total. The molecule has 5 rings (SSSR count). The number of aromatic nitrogens is 1. The summed E-state index contributed by atoms with van der Waals surface area (Å²) in [4.78, 5) is 19.4. The molecular weight excluding hydrogens is 272 g/mol. The van der Waals surface area contributed by atoms with E-state index in [0.717, 1.165) is 35.3 Å². The zero-order chi connectivity index (χ0) is 14.9. The Hall–Kier alpha value is -1.74. The van der Waals surface area contributed by atoms with Gasteiger partial charge < -0.3 is 4.90 Å². The second kappa shape index (κ2) is 5.81. The van der Waals surface area contributed by atoms with Gasteiger partial charge in [-0.3, -0.25) is 9.78 Å². The van der Waals surface area contributed by atoms with Crippen molar-refractivity contribution < 1.29 is 4.79 Å². The molecule has 0 spiro atoms. The fourth-order valence-electron chi connectivity index (χ4n) is 4.13. The van der Waals surface area contributed by atoms with E-state index in [0.29, 0.717) is 18.1 Å². The number of hydrogen-bond acceptors (Lipinski definition) is 3. The highest BCUT2D eigenvalue weighted by atomic mass is 16.1. The summed E-state index contributed by atoms with van der Waals surface area (Å²) in [6.07, 6.45) is 5.69. The Balaban J connectivity index is 1.42. The Bertz CT molecular complexity index is 689. The van der Waals surface area contributed by atoms with Gasteiger partial charge in [-0.1, -0.05) is 18.2 Å². The molecule has 4 heterocycles. The largest absolute Gasteiger partial charge is 0.303 e. The van der Waals surface area contributed by atoms with Gasteiger partial charge in [0.1, 0.15) is 5.78 Å². The molecule has 0 aliphatic carbocycles. The zero-order valence-corrected chi connectivity index (χ0v) is 12.9. The van der Waals surface area contributed by atoms with Gasteiger partial charge in [0.25, 0.3) is 0 Å². The van der Waals surface area contributed by atoms with Crippen molar-refractivity contribution in [1.29, 1.82) is 0 Å². The highest BCUT2D eigenvalue weighted by Crippen LogP contribution is 2.34. The van der Waals surface area contributed by atoms with Crippen molar-refractivity contribution in [1.82, 2.24) is 9.88 Å². The van der Waals surface area contributed by atoms with Crippen LogP contribution in [0.25, 0.3) is 10.9 Å². The Morgan fingerprint density at radius 3 is 2.86 bits per heavy atom. The number of Topliss-reactive ketones (excluding diaryl/α,β-unsaturated/α-hetero) is 1. The van der Waals surface area contributed by atoms with E-state index in [1.807, 2.05) is 6.07 Å². The van der Waals surface area contributed by atoms with Crippen LogP contribution in [0.2, 0.25) is 0 Å². The van der Waals surface area contributed by atoms with Crippen molar-refractivity contribution in [3.8, 4) is 0 Å². The molecule has 1 unspecified atom stereocenters. The maximum Gasteiger partial charge on any atom is 0.137 e. The fourth-order valence-corrected chi connectivity index (χ4v) is 4.13. The van der Waals surface area contributed by atoms with Gasteiger partial charge in [0.05, 0.1) is 5.52 Å². The molecule has 2 bridgehead atoms. The summed E-state index contributed by atoms with van der Waals surface area (Å²) >= 11 is 0. The monoisotopic (exact) mass is 294 g/mol. The summed E-state index contributed by atoms with van der Waals surface area (Å²) in [5.74, 6) is 1.76. The average Bonchev–Trinajstić information content (AvgIpc) is 2.56. The molecule has 1 atom stereocenters. The maximum atomic E-state index is 12.5. The summed E-state index contributed by atoms with van der Waals surface area (Å²) in [6, 6.07) is 10.2. The van der Waals surface area contributed by atoms with Crippen LogP contribution in [0.4, 0.5) is 0 Å². The van der Waals surface area contributed by atoms with Crippen LogP contribution < -0.4 is 0 Å². The van der Waals surface area contributed by atoms with E-state index >= 15 is 0 Å². The van der Waals surface area contributed by atoms with Crippen molar-refractivity contribution >= 4 is 16.7 Å². The second-order valence-electron chi connectivity index (χ2n) is 6.85. The number of nitrogens with zero attached hydrogens (tertiary/aromatic N) is 2. The van der Waals surface area contributed by atoms with E-state index in [2.05, 4.69) is 34.1 Å². The number of benzene rings is 1. The normalized spacial score (nSPS) is 27.2. The van der Waals surface area contributed by atoms with E-state index in [9.17, 15) is 4.79 Å². The molecular formula is C19H22N2O. The molecule has 3 saturated heterocycles. The van der Waals surface area contributed by atoms with Gasteiger partial charge in [-0.05, 0) is 55.5 Å². The number of rotatable bonds is 4. The quantitative estimate of drug-likeness (QED) is 0.869. The minimum absolute atomic E-state index is 0.383. The Morgan fingerprint density at radius 2 is 2.09 bits per heavy atom. The van der Waals surface area contributed by atoms with Crippen LogP contribution in [0.3, 0.4) is 0 Å². The minimum Gasteiger partial charge on any atom is -0.303 e. The predicted octanol–water partition coefficient (Wildman–Crippen LogP) is 3.08. The first-order valence-corrected chi connectivity index (χ1v) is 8.35. The lowest BCUT2D eigenvalue weighted by Crippen LogP contribution is -2.47. The van der Waals surface area contributed by atoms with E-state index in [4.69, 9.17) is 0 Å². The van der Waals surface area contributed by atoms with Gasteiger partial charge in [0.2, 0.25) is 0 Å².